The van der Waals surface area contributed by atoms with Gasteiger partial charge in [-0.3, -0.25) is 4.79 Å². The highest BCUT2D eigenvalue weighted by Crippen LogP contribution is 2.10. The van der Waals surface area contributed by atoms with E-state index in [-0.39, 0.29) is 5.91 Å². The molecule has 0 fully saturated rings. The van der Waals surface area contributed by atoms with Crippen LogP contribution in [0.4, 0.5) is 11.4 Å². The molecule has 70 valence electrons. The van der Waals surface area contributed by atoms with Gasteiger partial charge in [0.1, 0.15) is 0 Å². The summed E-state index contributed by atoms with van der Waals surface area (Å²) >= 11 is 1.50. The van der Waals surface area contributed by atoms with Gasteiger partial charge in [0.15, 0.2) is 0 Å². The highest BCUT2D eigenvalue weighted by atomic mass is 32.2. The van der Waals surface area contributed by atoms with E-state index in [9.17, 15) is 4.79 Å². The highest BCUT2D eigenvalue weighted by Gasteiger charge is 1.99. The molecule has 1 aromatic rings. The van der Waals surface area contributed by atoms with E-state index in [0.717, 1.165) is 5.69 Å². The number of thioether (sulfide) groups is 1. The number of anilines is 2. The third kappa shape index (κ3) is 3.38. The molecule has 0 aromatic heterocycles. The van der Waals surface area contributed by atoms with Crippen LogP contribution in [-0.2, 0) is 4.79 Å². The zero-order valence-electron chi connectivity index (χ0n) is 7.41. The molecule has 1 amide bonds. The van der Waals surface area contributed by atoms with E-state index in [2.05, 4.69) is 5.32 Å². The summed E-state index contributed by atoms with van der Waals surface area (Å²) in [7, 11) is 0. The van der Waals surface area contributed by atoms with Crippen LogP contribution >= 0.6 is 11.8 Å². The molecule has 4 heteroatoms. The van der Waals surface area contributed by atoms with E-state index < -0.39 is 0 Å². The number of rotatable bonds is 3. The first kappa shape index (κ1) is 9.92. The molecule has 0 heterocycles. The Kier molecular flexibility index (Phi) is 3.64. The summed E-state index contributed by atoms with van der Waals surface area (Å²) in [4.78, 5) is 11.1. The van der Waals surface area contributed by atoms with Crippen molar-refractivity contribution in [3.05, 3.63) is 24.3 Å². The number of hydrogen-bond donors (Lipinski definition) is 2. The fourth-order valence-electron chi connectivity index (χ4n) is 0.895. The number of carbonyl (C=O) groups is 1. The smallest absolute Gasteiger partial charge is 0.234 e. The molecule has 0 saturated heterocycles. The molecule has 0 spiro atoms. The summed E-state index contributed by atoms with van der Waals surface area (Å²) in [6.07, 6.45) is 1.89. The molecule has 3 N–H and O–H groups in total. The molecular formula is C9H12N2OS. The zero-order chi connectivity index (χ0) is 9.68. The van der Waals surface area contributed by atoms with Crippen LogP contribution in [0.25, 0.3) is 0 Å². The van der Waals surface area contributed by atoms with E-state index in [1.807, 2.05) is 6.26 Å². The van der Waals surface area contributed by atoms with Gasteiger partial charge in [-0.1, -0.05) is 0 Å². The average Bonchev–Trinajstić information content (AvgIpc) is 2.09. The molecule has 3 nitrogen and oxygen atoms in total. The van der Waals surface area contributed by atoms with Crippen molar-refractivity contribution in [2.24, 2.45) is 0 Å². The lowest BCUT2D eigenvalue weighted by molar-refractivity contribution is -0.113. The summed E-state index contributed by atoms with van der Waals surface area (Å²) in [5.41, 5.74) is 6.98. The molecule has 0 aliphatic carbocycles. The summed E-state index contributed by atoms with van der Waals surface area (Å²) in [5, 5.41) is 2.75. The number of benzene rings is 1. The molecule has 1 aromatic carbocycles. The summed E-state index contributed by atoms with van der Waals surface area (Å²) in [6, 6.07) is 7.09. The minimum Gasteiger partial charge on any atom is -0.399 e. The van der Waals surface area contributed by atoms with Crippen LogP contribution in [0.5, 0.6) is 0 Å². The van der Waals surface area contributed by atoms with Crippen LogP contribution in [0.2, 0.25) is 0 Å². The lowest BCUT2D eigenvalue weighted by atomic mass is 10.3. The predicted molar refractivity (Wildman–Crippen MR) is 57.9 cm³/mol. The molecule has 0 aliphatic rings. The number of carbonyl (C=O) groups excluding carboxylic acids is 1. The van der Waals surface area contributed by atoms with Gasteiger partial charge >= 0.3 is 0 Å². The van der Waals surface area contributed by atoms with Gasteiger partial charge < -0.3 is 11.1 Å². The Bertz CT molecular complexity index is 284. The van der Waals surface area contributed by atoms with Crippen molar-refractivity contribution in [2.75, 3.05) is 23.1 Å². The molecule has 0 aliphatic heterocycles. The van der Waals surface area contributed by atoms with Crippen molar-refractivity contribution in [2.45, 2.75) is 0 Å². The summed E-state index contributed by atoms with van der Waals surface area (Å²) < 4.78 is 0. The second-order valence-corrected chi connectivity index (χ2v) is 3.47. The van der Waals surface area contributed by atoms with Crippen LogP contribution in [0, 0.1) is 0 Å². The van der Waals surface area contributed by atoms with Crippen molar-refractivity contribution < 1.29 is 4.79 Å². The lowest BCUT2D eigenvalue weighted by Crippen LogP contribution is -2.13. The van der Waals surface area contributed by atoms with Crippen LogP contribution in [-0.4, -0.2) is 17.9 Å². The Balaban J connectivity index is 2.54. The predicted octanol–water partition coefficient (Wildman–Crippen LogP) is 1.57. The van der Waals surface area contributed by atoms with Crippen molar-refractivity contribution in [3.8, 4) is 0 Å². The van der Waals surface area contributed by atoms with E-state index in [0.29, 0.717) is 11.4 Å². The Morgan fingerprint density at radius 2 is 2.08 bits per heavy atom. The van der Waals surface area contributed by atoms with Crippen LogP contribution in [0.15, 0.2) is 24.3 Å². The van der Waals surface area contributed by atoms with Gasteiger partial charge in [-0.05, 0) is 30.5 Å². The zero-order valence-corrected chi connectivity index (χ0v) is 8.23. The van der Waals surface area contributed by atoms with Gasteiger partial charge in [0.2, 0.25) is 5.91 Å². The first-order valence-electron chi connectivity index (χ1n) is 3.86. The largest absolute Gasteiger partial charge is 0.399 e. The fraction of sp³-hybridized carbons (Fsp3) is 0.222. The molecular weight excluding hydrogens is 184 g/mol. The molecule has 0 bridgehead atoms. The van der Waals surface area contributed by atoms with E-state index in [4.69, 9.17) is 5.73 Å². The maximum atomic E-state index is 11.1. The van der Waals surface area contributed by atoms with Crippen LogP contribution in [0.1, 0.15) is 0 Å². The molecule has 0 unspecified atom stereocenters. The van der Waals surface area contributed by atoms with Crippen molar-refractivity contribution >= 4 is 29.0 Å². The number of amides is 1. The molecule has 0 saturated carbocycles. The maximum absolute atomic E-state index is 11.1. The third-order valence-electron chi connectivity index (χ3n) is 1.47. The second-order valence-electron chi connectivity index (χ2n) is 2.60. The first-order valence-corrected chi connectivity index (χ1v) is 5.26. The molecule has 1 rings (SSSR count). The van der Waals surface area contributed by atoms with E-state index >= 15 is 0 Å². The normalized spacial score (nSPS) is 9.62. The van der Waals surface area contributed by atoms with Gasteiger partial charge in [-0.25, -0.2) is 0 Å². The van der Waals surface area contributed by atoms with E-state index in [1.54, 1.807) is 24.3 Å². The summed E-state index contributed by atoms with van der Waals surface area (Å²) in [5.74, 6) is 0.488. The van der Waals surface area contributed by atoms with Crippen LogP contribution in [0.3, 0.4) is 0 Å². The number of hydrogen-bond acceptors (Lipinski definition) is 3. The van der Waals surface area contributed by atoms with Gasteiger partial charge in [-0.15, -0.1) is 0 Å². The number of nitrogen functional groups attached to an aromatic ring is 1. The minimum absolute atomic E-state index is 0.0114. The van der Waals surface area contributed by atoms with Gasteiger partial charge in [0, 0.05) is 11.4 Å². The quantitative estimate of drug-likeness (QED) is 0.721. The first-order chi connectivity index (χ1) is 6.22. The standard InChI is InChI=1S/C9H12N2OS/c1-13-6-9(12)11-8-4-2-7(10)3-5-8/h2-5H,6,10H2,1H3,(H,11,12). The maximum Gasteiger partial charge on any atom is 0.234 e. The number of nitrogens with two attached hydrogens (primary N) is 1. The van der Waals surface area contributed by atoms with E-state index in [1.165, 1.54) is 11.8 Å². The minimum atomic E-state index is 0.0114. The Morgan fingerprint density at radius 3 is 2.62 bits per heavy atom. The highest BCUT2D eigenvalue weighted by molar-refractivity contribution is 7.99. The molecule has 13 heavy (non-hydrogen) atoms. The van der Waals surface area contributed by atoms with Gasteiger partial charge in [0.25, 0.3) is 0 Å². The van der Waals surface area contributed by atoms with Crippen LogP contribution < -0.4 is 11.1 Å². The topological polar surface area (TPSA) is 55.1 Å². The third-order valence-corrected chi connectivity index (χ3v) is 2.02. The number of nitrogens with one attached hydrogen (secondary N) is 1. The average molecular weight is 196 g/mol. The van der Waals surface area contributed by atoms with Crippen molar-refractivity contribution in [1.82, 2.24) is 0 Å². The lowest BCUT2D eigenvalue weighted by Gasteiger charge is -2.03. The monoisotopic (exact) mass is 196 g/mol. The van der Waals surface area contributed by atoms with Crippen molar-refractivity contribution in [1.29, 1.82) is 0 Å². The summed E-state index contributed by atoms with van der Waals surface area (Å²) in [6.45, 7) is 0. The molecule has 0 atom stereocenters. The van der Waals surface area contributed by atoms with Gasteiger partial charge in [-0.2, -0.15) is 11.8 Å². The Hall–Kier alpha value is -1.16. The fourth-order valence-corrected chi connectivity index (χ4v) is 1.23. The Morgan fingerprint density at radius 1 is 1.46 bits per heavy atom. The SMILES string of the molecule is CSCC(=O)Nc1ccc(N)cc1. The second kappa shape index (κ2) is 4.77. The Labute approximate surface area is 81.7 Å². The van der Waals surface area contributed by atoms with Gasteiger partial charge in [0.05, 0.1) is 5.75 Å². The van der Waals surface area contributed by atoms with Crippen molar-refractivity contribution in [3.63, 3.8) is 0 Å². The molecule has 0 radical (unpaired) electrons.